The Bertz CT molecular complexity index is 1010. The van der Waals surface area contributed by atoms with Crippen LogP contribution in [0.3, 0.4) is 0 Å². The van der Waals surface area contributed by atoms with Crippen molar-refractivity contribution in [3.63, 3.8) is 0 Å². The molecule has 0 spiro atoms. The zero-order valence-corrected chi connectivity index (χ0v) is 15.5. The van der Waals surface area contributed by atoms with Gasteiger partial charge in [0.1, 0.15) is 5.65 Å². The molecule has 1 aliphatic rings. The van der Waals surface area contributed by atoms with Crippen molar-refractivity contribution >= 4 is 28.6 Å². The fourth-order valence-corrected chi connectivity index (χ4v) is 3.78. The van der Waals surface area contributed by atoms with E-state index in [0.717, 1.165) is 37.6 Å². The van der Waals surface area contributed by atoms with E-state index in [2.05, 4.69) is 20.3 Å². The SMILES string of the molecule is O=c1[nH]c2nc(NCC3CCC(O)CC3)ncc2cc1-c1ccccc1Cl. The maximum absolute atomic E-state index is 12.5. The largest absolute Gasteiger partial charge is 0.393 e. The van der Waals surface area contributed by atoms with Crippen LogP contribution in [0.2, 0.25) is 5.02 Å². The number of nitrogens with one attached hydrogen (secondary N) is 2. The normalized spacial score (nSPS) is 19.9. The summed E-state index contributed by atoms with van der Waals surface area (Å²) in [5.74, 6) is 1.00. The van der Waals surface area contributed by atoms with Gasteiger partial charge in [-0.05, 0) is 43.7 Å². The molecule has 7 heteroatoms. The number of aliphatic hydroxyl groups excluding tert-OH is 1. The predicted molar refractivity (Wildman–Crippen MR) is 107 cm³/mol. The molecule has 140 valence electrons. The van der Waals surface area contributed by atoms with Crippen LogP contribution in [0.5, 0.6) is 0 Å². The van der Waals surface area contributed by atoms with Crippen molar-refractivity contribution in [2.24, 2.45) is 5.92 Å². The summed E-state index contributed by atoms with van der Waals surface area (Å²) in [6.45, 7) is 0.764. The Kier molecular flexibility index (Phi) is 5.09. The second kappa shape index (κ2) is 7.66. The average Bonchev–Trinajstić information content (AvgIpc) is 2.67. The summed E-state index contributed by atoms with van der Waals surface area (Å²) in [5, 5.41) is 14.1. The van der Waals surface area contributed by atoms with Gasteiger partial charge in [0.15, 0.2) is 0 Å². The maximum atomic E-state index is 12.5. The number of H-pyrrole nitrogens is 1. The monoisotopic (exact) mass is 384 g/mol. The van der Waals surface area contributed by atoms with Crippen LogP contribution in [0.15, 0.2) is 41.3 Å². The number of aromatic amines is 1. The third kappa shape index (κ3) is 3.96. The van der Waals surface area contributed by atoms with E-state index in [0.29, 0.717) is 33.7 Å². The molecule has 1 saturated carbocycles. The topological polar surface area (TPSA) is 90.9 Å². The van der Waals surface area contributed by atoms with Crippen LogP contribution in [0.4, 0.5) is 5.95 Å². The molecule has 0 amide bonds. The number of rotatable bonds is 4. The van der Waals surface area contributed by atoms with E-state index in [-0.39, 0.29) is 11.7 Å². The van der Waals surface area contributed by atoms with Crippen molar-refractivity contribution in [3.05, 3.63) is 51.9 Å². The van der Waals surface area contributed by atoms with E-state index in [4.69, 9.17) is 11.6 Å². The number of benzene rings is 1. The van der Waals surface area contributed by atoms with Gasteiger partial charge in [0.2, 0.25) is 5.95 Å². The van der Waals surface area contributed by atoms with Crippen LogP contribution < -0.4 is 10.9 Å². The summed E-state index contributed by atoms with van der Waals surface area (Å²) in [5.41, 5.74) is 1.44. The number of hydrogen-bond donors (Lipinski definition) is 3. The van der Waals surface area contributed by atoms with E-state index in [1.54, 1.807) is 18.3 Å². The number of pyridine rings is 1. The Labute approximate surface area is 161 Å². The van der Waals surface area contributed by atoms with Gasteiger partial charge in [0.25, 0.3) is 5.56 Å². The third-order valence-electron chi connectivity index (χ3n) is 5.12. The van der Waals surface area contributed by atoms with E-state index in [1.165, 1.54) is 0 Å². The van der Waals surface area contributed by atoms with Crippen molar-refractivity contribution in [3.8, 4) is 11.1 Å². The van der Waals surface area contributed by atoms with Gasteiger partial charge in [-0.25, -0.2) is 4.98 Å². The number of hydrogen-bond acceptors (Lipinski definition) is 5. The molecule has 6 nitrogen and oxygen atoms in total. The summed E-state index contributed by atoms with van der Waals surface area (Å²) in [7, 11) is 0. The van der Waals surface area contributed by atoms with Gasteiger partial charge in [-0.1, -0.05) is 29.8 Å². The summed E-state index contributed by atoms with van der Waals surface area (Å²) in [6.07, 6.45) is 5.24. The minimum absolute atomic E-state index is 0.157. The molecule has 3 N–H and O–H groups in total. The summed E-state index contributed by atoms with van der Waals surface area (Å²) in [4.78, 5) is 24.1. The molecule has 27 heavy (non-hydrogen) atoms. The Hall–Kier alpha value is -2.44. The molecule has 0 unspecified atom stereocenters. The summed E-state index contributed by atoms with van der Waals surface area (Å²) >= 11 is 6.22. The molecule has 0 bridgehead atoms. The molecule has 3 aromatic rings. The number of aliphatic hydroxyl groups is 1. The number of fused-ring (bicyclic) bond motifs is 1. The number of anilines is 1. The Morgan fingerprint density at radius 3 is 2.74 bits per heavy atom. The van der Waals surface area contributed by atoms with Crippen LogP contribution in [0, 0.1) is 5.92 Å². The van der Waals surface area contributed by atoms with Gasteiger partial charge in [0, 0.05) is 34.3 Å². The minimum Gasteiger partial charge on any atom is -0.393 e. The molecular weight excluding hydrogens is 364 g/mol. The van der Waals surface area contributed by atoms with E-state index in [1.807, 2.05) is 18.2 Å². The molecule has 1 aromatic carbocycles. The van der Waals surface area contributed by atoms with Gasteiger partial charge in [-0.15, -0.1) is 0 Å². The van der Waals surface area contributed by atoms with Crippen molar-refractivity contribution in [1.29, 1.82) is 0 Å². The van der Waals surface area contributed by atoms with Crippen LogP contribution in [0.1, 0.15) is 25.7 Å². The number of halogens is 1. The fourth-order valence-electron chi connectivity index (χ4n) is 3.54. The van der Waals surface area contributed by atoms with Crippen LogP contribution >= 0.6 is 11.6 Å². The maximum Gasteiger partial charge on any atom is 0.257 e. The first-order valence-electron chi connectivity index (χ1n) is 9.17. The molecule has 1 aliphatic carbocycles. The fraction of sp³-hybridized carbons (Fsp3) is 0.350. The highest BCUT2D eigenvalue weighted by molar-refractivity contribution is 6.33. The van der Waals surface area contributed by atoms with Gasteiger partial charge < -0.3 is 15.4 Å². The molecule has 0 radical (unpaired) electrons. The quantitative estimate of drug-likeness (QED) is 0.639. The van der Waals surface area contributed by atoms with Gasteiger partial charge in [0.05, 0.1) is 6.10 Å². The average molecular weight is 385 g/mol. The van der Waals surface area contributed by atoms with E-state index in [9.17, 15) is 9.90 Å². The zero-order valence-electron chi connectivity index (χ0n) is 14.8. The molecule has 0 atom stereocenters. The molecule has 2 heterocycles. The highest BCUT2D eigenvalue weighted by Gasteiger charge is 2.19. The lowest BCUT2D eigenvalue weighted by molar-refractivity contribution is 0.111. The molecule has 1 fully saturated rings. The molecule has 0 saturated heterocycles. The van der Waals surface area contributed by atoms with Crippen LogP contribution in [0.25, 0.3) is 22.2 Å². The second-order valence-electron chi connectivity index (χ2n) is 7.04. The van der Waals surface area contributed by atoms with Crippen molar-refractivity contribution in [1.82, 2.24) is 15.0 Å². The molecule has 2 aromatic heterocycles. The smallest absolute Gasteiger partial charge is 0.257 e. The molecular formula is C20H21ClN4O2. The first kappa shape index (κ1) is 17.9. The second-order valence-corrected chi connectivity index (χ2v) is 7.45. The summed E-state index contributed by atoms with van der Waals surface area (Å²) in [6, 6.07) is 9.01. The van der Waals surface area contributed by atoms with Crippen LogP contribution in [-0.4, -0.2) is 32.7 Å². The third-order valence-corrected chi connectivity index (χ3v) is 5.45. The van der Waals surface area contributed by atoms with Crippen LogP contribution in [-0.2, 0) is 0 Å². The predicted octanol–water partition coefficient (Wildman–Crippen LogP) is 3.60. The first-order chi connectivity index (χ1) is 13.1. The first-order valence-corrected chi connectivity index (χ1v) is 9.55. The van der Waals surface area contributed by atoms with Gasteiger partial charge in [-0.3, -0.25) is 4.79 Å². The standard InChI is InChI=1S/C20H21ClN4O2/c21-17-4-2-1-3-15(17)16-9-13-11-23-20(25-18(13)24-19(16)27)22-10-12-5-7-14(26)8-6-12/h1-4,9,11-12,14,26H,5-8,10H2,(H2,22,23,24,25,27). The highest BCUT2D eigenvalue weighted by Crippen LogP contribution is 2.27. The number of aromatic nitrogens is 3. The number of nitrogens with zero attached hydrogens (tertiary/aromatic N) is 2. The van der Waals surface area contributed by atoms with Crippen molar-refractivity contribution < 1.29 is 5.11 Å². The van der Waals surface area contributed by atoms with E-state index >= 15 is 0 Å². The van der Waals surface area contributed by atoms with Gasteiger partial charge in [-0.2, -0.15) is 4.98 Å². The minimum atomic E-state index is -0.235. The highest BCUT2D eigenvalue weighted by atomic mass is 35.5. The van der Waals surface area contributed by atoms with E-state index < -0.39 is 0 Å². The van der Waals surface area contributed by atoms with Crippen molar-refractivity contribution in [2.75, 3.05) is 11.9 Å². The molecule has 4 rings (SSSR count). The van der Waals surface area contributed by atoms with Crippen molar-refractivity contribution in [2.45, 2.75) is 31.8 Å². The Morgan fingerprint density at radius 2 is 1.96 bits per heavy atom. The zero-order chi connectivity index (χ0) is 18.8. The van der Waals surface area contributed by atoms with Gasteiger partial charge >= 0.3 is 0 Å². The lowest BCUT2D eigenvalue weighted by Gasteiger charge is -2.25. The summed E-state index contributed by atoms with van der Waals surface area (Å²) < 4.78 is 0. The molecule has 0 aliphatic heterocycles. The lowest BCUT2D eigenvalue weighted by Crippen LogP contribution is -2.24. The Morgan fingerprint density at radius 1 is 1.19 bits per heavy atom. The lowest BCUT2D eigenvalue weighted by atomic mass is 9.87. The Balaban J connectivity index is 1.56.